The number of halogens is 1. The van der Waals surface area contributed by atoms with Crippen molar-refractivity contribution in [2.45, 2.75) is 58.6 Å². The van der Waals surface area contributed by atoms with Crippen molar-refractivity contribution in [3.8, 4) is 0 Å². The number of aliphatic hydroxyl groups excluding tert-OH is 1. The maximum Gasteiger partial charge on any atom is 0.251 e. The van der Waals surface area contributed by atoms with Gasteiger partial charge in [-0.1, -0.05) is 56.4 Å². The number of nitrogens with one attached hydrogen (secondary N) is 1. The van der Waals surface area contributed by atoms with Gasteiger partial charge in [-0.15, -0.1) is 0 Å². The monoisotopic (exact) mass is 477 g/mol. The average molecular weight is 478 g/mol. The zero-order valence-electron chi connectivity index (χ0n) is 20.9. The normalized spacial score (nSPS) is 17.8. The van der Waals surface area contributed by atoms with Gasteiger partial charge in [0.2, 0.25) is 0 Å². The van der Waals surface area contributed by atoms with Crippen LogP contribution in [0.25, 0.3) is 11.6 Å². The molecule has 2 atom stereocenters. The Balaban J connectivity index is 0.000000269. The van der Waals surface area contributed by atoms with E-state index in [0.717, 1.165) is 36.2 Å². The van der Waals surface area contributed by atoms with Crippen molar-refractivity contribution in [3.05, 3.63) is 96.7 Å². The number of allylic oxidation sites excluding steroid dienone is 2. The van der Waals surface area contributed by atoms with E-state index in [2.05, 4.69) is 23.5 Å². The van der Waals surface area contributed by atoms with E-state index in [1.165, 1.54) is 6.07 Å². The molecule has 0 saturated heterocycles. The van der Waals surface area contributed by atoms with Crippen molar-refractivity contribution >= 4 is 23.4 Å². The van der Waals surface area contributed by atoms with Crippen LogP contribution in [0.15, 0.2) is 74.2 Å². The summed E-state index contributed by atoms with van der Waals surface area (Å²) in [6.07, 6.45) is 13.7. The molecule has 0 bridgehead atoms. The van der Waals surface area contributed by atoms with Gasteiger partial charge >= 0.3 is 0 Å². The molecule has 1 fully saturated rings. The number of aromatic nitrogens is 1. The first-order chi connectivity index (χ1) is 16.9. The molecular weight excluding hydrogens is 441 g/mol. The van der Waals surface area contributed by atoms with Crippen LogP contribution in [-0.4, -0.2) is 28.1 Å². The molecule has 1 heterocycles. The summed E-state index contributed by atoms with van der Waals surface area (Å²) in [5.41, 5.74) is 2.40. The molecule has 186 valence electrons. The fraction of sp³-hybridized carbons (Fsp3) is 0.310. The summed E-state index contributed by atoms with van der Waals surface area (Å²) in [6, 6.07) is 8.42. The summed E-state index contributed by atoms with van der Waals surface area (Å²) < 4.78 is 14.0. The van der Waals surface area contributed by atoms with Crippen LogP contribution in [0.2, 0.25) is 0 Å². The molecule has 1 aliphatic carbocycles. The van der Waals surface area contributed by atoms with Gasteiger partial charge in [0.1, 0.15) is 11.6 Å². The number of carbonyl (C=O) groups is 1. The Morgan fingerprint density at radius 1 is 1.20 bits per heavy atom. The van der Waals surface area contributed by atoms with Crippen LogP contribution in [0.4, 0.5) is 10.2 Å². The van der Waals surface area contributed by atoms with Crippen molar-refractivity contribution in [1.29, 1.82) is 0 Å². The summed E-state index contributed by atoms with van der Waals surface area (Å²) in [4.78, 5) is 18.6. The molecule has 1 aromatic heterocycles. The van der Waals surface area contributed by atoms with Crippen molar-refractivity contribution in [1.82, 2.24) is 10.3 Å². The Labute approximate surface area is 208 Å². The highest BCUT2D eigenvalue weighted by Gasteiger charge is 2.26. The van der Waals surface area contributed by atoms with Crippen molar-refractivity contribution in [3.63, 3.8) is 0 Å². The molecule has 2 N–H and O–H groups in total. The van der Waals surface area contributed by atoms with Gasteiger partial charge in [-0.25, -0.2) is 9.37 Å². The van der Waals surface area contributed by atoms with Crippen LogP contribution in [0, 0.1) is 12.7 Å². The number of carbonyl (C=O) groups excluding carboxylic acids is 1. The minimum absolute atomic E-state index is 0.242. The molecular formula is C29H36FN3O2. The van der Waals surface area contributed by atoms with E-state index < -0.39 is 11.9 Å². The Hall–Kier alpha value is -3.51. The van der Waals surface area contributed by atoms with Gasteiger partial charge in [0.25, 0.3) is 5.91 Å². The summed E-state index contributed by atoms with van der Waals surface area (Å²) in [5.74, 6) is 0.128. The highest BCUT2D eigenvalue weighted by Crippen LogP contribution is 2.24. The van der Waals surface area contributed by atoms with Gasteiger partial charge in [0.05, 0.1) is 12.1 Å². The SMILES string of the molecule is C/C=C(/C(=O)NC1CCCC[C@@H]1O)c1c(C)cccc1F.C=Cc1ccc(N(C=C)/C=C\C)nc1. The summed E-state index contributed by atoms with van der Waals surface area (Å²) in [5, 5.41) is 12.8. The van der Waals surface area contributed by atoms with E-state index in [1.807, 2.05) is 36.2 Å². The van der Waals surface area contributed by atoms with Crippen LogP contribution < -0.4 is 10.2 Å². The first kappa shape index (κ1) is 27.7. The molecule has 0 spiro atoms. The Bertz CT molecular complexity index is 1040. The molecule has 0 aliphatic heterocycles. The molecule has 1 unspecified atom stereocenters. The van der Waals surface area contributed by atoms with Crippen LogP contribution in [-0.2, 0) is 4.79 Å². The maximum atomic E-state index is 14.0. The van der Waals surface area contributed by atoms with Crippen molar-refractivity contribution in [2.24, 2.45) is 0 Å². The van der Waals surface area contributed by atoms with Crippen molar-refractivity contribution in [2.75, 3.05) is 4.90 Å². The Morgan fingerprint density at radius 3 is 2.49 bits per heavy atom. The molecule has 1 saturated carbocycles. The molecule has 2 aromatic rings. The number of amides is 1. The first-order valence-electron chi connectivity index (χ1n) is 11.9. The maximum absolute atomic E-state index is 14.0. The predicted molar refractivity (Wildman–Crippen MR) is 143 cm³/mol. The largest absolute Gasteiger partial charge is 0.391 e. The highest BCUT2D eigenvalue weighted by molar-refractivity contribution is 6.20. The second kappa shape index (κ2) is 14.0. The van der Waals surface area contributed by atoms with E-state index in [0.29, 0.717) is 17.6 Å². The van der Waals surface area contributed by atoms with E-state index in [1.54, 1.807) is 50.5 Å². The fourth-order valence-electron chi connectivity index (χ4n) is 3.95. The lowest BCUT2D eigenvalue weighted by molar-refractivity contribution is -0.117. The lowest BCUT2D eigenvalue weighted by atomic mass is 9.91. The first-order valence-corrected chi connectivity index (χ1v) is 11.9. The molecule has 1 aliphatic rings. The Kier molecular flexibility index (Phi) is 11.1. The number of aryl methyl sites for hydroxylation is 1. The highest BCUT2D eigenvalue weighted by atomic mass is 19.1. The fourth-order valence-corrected chi connectivity index (χ4v) is 3.95. The number of pyridine rings is 1. The molecule has 0 radical (unpaired) electrons. The van der Waals surface area contributed by atoms with Crippen LogP contribution in [0.5, 0.6) is 0 Å². The van der Waals surface area contributed by atoms with Crippen molar-refractivity contribution < 1.29 is 14.3 Å². The van der Waals surface area contributed by atoms with Gasteiger partial charge in [0.15, 0.2) is 0 Å². The molecule has 1 aromatic carbocycles. The quantitative estimate of drug-likeness (QED) is 0.469. The number of rotatable bonds is 7. The van der Waals surface area contributed by atoms with Gasteiger partial charge in [0, 0.05) is 29.7 Å². The summed E-state index contributed by atoms with van der Waals surface area (Å²) in [7, 11) is 0. The molecule has 6 heteroatoms. The summed E-state index contributed by atoms with van der Waals surface area (Å²) in [6.45, 7) is 12.8. The molecule has 1 amide bonds. The minimum atomic E-state index is -0.512. The second-order valence-corrected chi connectivity index (χ2v) is 8.29. The third kappa shape index (κ3) is 7.76. The smallest absolute Gasteiger partial charge is 0.251 e. The standard InChI is InChI=1S/C17H22FNO2.C12H14N2/c1-3-12(16-11(2)7-6-8-13(16)18)17(21)19-14-9-4-5-10-15(14)20;1-4-9-14(6-3)12-8-7-11(5-2)10-13-12/h3,6-8,14-15,20H,4-5,9-10H2,1-2H3,(H,19,21);4-10H,2-3H2,1H3/b12-3+;9-4-/t14?,15-;/m0./s1. The number of benzene rings is 1. The third-order valence-electron chi connectivity index (χ3n) is 5.85. The van der Waals surface area contributed by atoms with Crippen LogP contribution in [0.1, 0.15) is 56.2 Å². The van der Waals surface area contributed by atoms with Crippen LogP contribution in [0.3, 0.4) is 0 Å². The lowest BCUT2D eigenvalue weighted by Crippen LogP contribution is -2.45. The van der Waals surface area contributed by atoms with E-state index in [9.17, 15) is 14.3 Å². The topological polar surface area (TPSA) is 65.5 Å². The van der Waals surface area contributed by atoms with Gasteiger partial charge in [-0.05, 0) is 62.9 Å². The Morgan fingerprint density at radius 2 is 1.94 bits per heavy atom. The predicted octanol–water partition coefficient (Wildman–Crippen LogP) is 6.17. The zero-order chi connectivity index (χ0) is 25.8. The molecule has 35 heavy (non-hydrogen) atoms. The molecule has 3 rings (SSSR count). The van der Waals surface area contributed by atoms with Gasteiger partial charge < -0.3 is 15.3 Å². The zero-order valence-corrected chi connectivity index (χ0v) is 20.9. The number of aliphatic hydroxyl groups is 1. The van der Waals surface area contributed by atoms with Crippen LogP contribution >= 0.6 is 0 Å². The molecule has 5 nitrogen and oxygen atoms in total. The minimum Gasteiger partial charge on any atom is -0.391 e. The number of hydrogen-bond acceptors (Lipinski definition) is 4. The second-order valence-electron chi connectivity index (χ2n) is 8.29. The number of hydrogen-bond donors (Lipinski definition) is 2. The van der Waals surface area contributed by atoms with Gasteiger partial charge in [-0.2, -0.15) is 0 Å². The third-order valence-corrected chi connectivity index (χ3v) is 5.85. The van der Waals surface area contributed by atoms with E-state index in [-0.39, 0.29) is 11.9 Å². The number of nitrogens with zero attached hydrogens (tertiary/aromatic N) is 2. The van der Waals surface area contributed by atoms with E-state index >= 15 is 0 Å². The lowest BCUT2D eigenvalue weighted by Gasteiger charge is -2.28. The van der Waals surface area contributed by atoms with E-state index in [4.69, 9.17) is 0 Å². The summed E-state index contributed by atoms with van der Waals surface area (Å²) >= 11 is 0. The number of anilines is 1. The average Bonchev–Trinajstić information content (AvgIpc) is 2.86. The van der Waals surface area contributed by atoms with Gasteiger partial charge in [-0.3, -0.25) is 4.79 Å².